The monoisotopic (exact) mass is 287 g/mol. The van der Waals surface area contributed by atoms with Crippen LogP contribution in [0.2, 0.25) is 5.02 Å². The van der Waals surface area contributed by atoms with Crippen LogP contribution in [0.3, 0.4) is 0 Å². The first kappa shape index (κ1) is 13.4. The van der Waals surface area contributed by atoms with E-state index >= 15 is 0 Å². The number of nitrogens with two attached hydrogens (primary N) is 1. The standard InChI is InChI=1S/C16H18ClN3/c17-12-6-4-5-11(9-12)10-15-19-14-8-3-1-2-7-13(14)16(18)20-15/h4-6,9H,1-3,7-8,10H2,(H2,18,19,20). The highest BCUT2D eigenvalue weighted by atomic mass is 35.5. The number of aryl methyl sites for hydroxylation is 1. The van der Waals surface area contributed by atoms with Crippen molar-refractivity contribution in [3.63, 3.8) is 0 Å². The van der Waals surface area contributed by atoms with Gasteiger partial charge in [0, 0.05) is 22.7 Å². The highest BCUT2D eigenvalue weighted by Gasteiger charge is 2.15. The zero-order chi connectivity index (χ0) is 13.9. The van der Waals surface area contributed by atoms with Crippen molar-refractivity contribution in [1.29, 1.82) is 0 Å². The number of rotatable bonds is 2. The molecule has 0 saturated heterocycles. The first-order chi connectivity index (χ1) is 9.72. The van der Waals surface area contributed by atoms with Crippen molar-refractivity contribution in [2.45, 2.75) is 38.5 Å². The van der Waals surface area contributed by atoms with Gasteiger partial charge in [-0.3, -0.25) is 0 Å². The topological polar surface area (TPSA) is 51.8 Å². The van der Waals surface area contributed by atoms with Crippen LogP contribution < -0.4 is 5.73 Å². The lowest BCUT2D eigenvalue weighted by Gasteiger charge is -2.10. The summed E-state index contributed by atoms with van der Waals surface area (Å²) in [6.07, 6.45) is 6.34. The molecule has 0 amide bonds. The second kappa shape index (κ2) is 5.80. The highest BCUT2D eigenvalue weighted by Crippen LogP contribution is 2.23. The Bertz CT molecular complexity index is 625. The molecule has 3 nitrogen and oxygen atoms in total. The van der Waals surface area contributed by atoms with Crippen molar-refractivity contribution in [3.8, 4) is 0 Å². The van der Waals surface area contributed by atoms with Gasteiger partial charge in [0.2, 0.25) is 0 Å². The zero-order valence-electron chi connectivity index (χ0n) is 11.4. The quantitative estimate of drug-likeness (QED) is 0.859. The van der Waals surface area contributed by atoms with Crippen LogP contribution in [0.5, 0.6) is 0 Å². The molecule has 1 aliphatic carbocycles. The molecule has 2 aromatic rings. The van der Waals surface area contributed by atoms with Gasteiger partial charge in [0.05, 0.1) is 0 Å². The minimum atomic E-state index is 0.661. The van der Waals surface area contributed by atoms with Gasteiger partial charge in [-0.15, -0.1) is 0 Å². The lowest BCUT2D eigenvalue weighted by atomic mass is 10.1. The van der Waals surface area contributed by atoms with Crippen LogP contribution >= 0.6 is 11.6 Å². The average Bonchev–Trinajstić information content (AvgIpc) is 2.64. The third kappa shape index (κ3) is 2.93. The van der Waals surface area contributed by atoms with Gasteiger partial charge < -0.3 is 5.73 Å². The van der Waals surface area contributed by atoms with Gasteiger partial charge in [-0.2, -0.15) is 0 Å². The van der Waals surface area contributed by atoms with E-state index in [9.17, 15) is 0 Å². The van der Waals surface area contributed by atoms with E-state index in [1.165, 1.54) is 19.3 Å². The number of anilines is 1. The molecular formula is C16H18ClN3. The first-order valence-electron chi connectivity index (χ1n) is 7.11. The molecule has 0 spiro atoms. The van der Waals surface area contributed by atoms with E-state index in [0.29, 0.717) is 12.2 Å². The van der Waals surface area contributed by atoms with E-state index in [4.69, 9.17) is 22.3 Å². The van der Waals surface area contributed by atoms with E-state index in [2.05, 4.69) is 4.98 Å². The number of benzene rings is 1. The van der Waals surface area contributed by atoms with E-state index in [1.807, 2.05) is 24.3 Å². The summed E-state index contributed by atoms with van der Waals surface area (Å²) in [6.45, 7) is 0. The van der Waals surface area contributed by atoms with Crippen molar-refractivity contribution in [2.75, 3.05) is 5.73 Å². The fourth-order valence-corrected chi connectivity index (χ4v) is 2.97. The van der Waals surface area contributed by atoms with Crippen molar-refractivity contribution in [2.24, 2.45) is 0 Å². The molecule has 1 heterocycles. The first-order valence-corrected chi connectivity index (χ1v) is 7.49. The number of hydrogen-bond acceptors (Lipinski definition) is 3. The normalized spacial score (nSPS) is 14.7. The molecule has 0 saturated carbocycles. The van der Waals surface area contributed by atoms with Crippen molar-refractivity contribution < 1.29 is 0 Å². The second-order valence-electron chi connectivity index (χ2n) is 5.32. The molecule has 1 aromatic carbocycles. The summed E-state index contributed by atoms with van der Waals surface area (Å²) in [5, 5.41) is 0.741. The Kier molecular flexibility index (Phi) is 3.88. The summed E-state index contributed by atoms with van der Waals surface area (Å²) in [7, 11) is 0. The van der Waals surface area contributed by atoms with Gasteiger partial charge in [-0.1, -0.05) is 30.2 Å². The van der Waals surface area contributed by atoms with Gasteiger partial charge in [0.1, 0.15) is 11.6 Å². The van der Waals surface area contributed by atoms with Crippen LogP contribution in [-0.2, 0) is 19.3 Å². The molecule has 1 aliphatic rings. The zero-order valence-corrected chi connectivity index (χ0v) is 12.2. The summed E-state index contributed by atoms with van der Waals surface area (Å²) >= 11 is 6.01. The van der Waals surface area contributed by atoms with Crippen LogP contribution in [0.15, 0.2) is 24.3 Å². The van der Waals surface area contributed by atoms with E-state index in [0.717, 1.165) is 40.5 Å². The van der Waals surface area contributed by atoms with Crippen LogP contribution in [0.1, 0.15) is 41.9 Å². The van der Waals surface area contributed by atoms with Crippen LogP contribution in [0.25, 0.3) is 0 Å². The molecule has 0 radical (unpaired) electrons. The fourth-order valence-electron chi connectivity index (χ4n) is 2.76. The van der Waals surface area contributed by atoms with Gasteiger partial charge in [0.25, 0.3) is 0 Å². The van der Waals surface area contributed by atoms with Crippen molar-refractivity contribution in [1.82, 2.24) is 9.97 Å². The summed E-state index contributed by atoms with van der Waals surface area (Å²) in [5.74, 6) is 1.46. The molecule has 104 valence electrons. The molecule has 0 unspecified atom stereocenters. The minimum absolute atomic E-state index is 0.661. The largest absolute Gasteiger partial charge is 0.383 e. The Morgan fingerprint density at radius 2 is 1.95 bits per heavy atom. The Labute approximate surface area is 124 Å². The van der Waals surface area contributed by atoms with Gasteiger partial charge in [0.15, 0.2) is 0 Å². The molecule has 3 rings (SSSR count). The molecule has 20 heavy (non-hydrogen) atoms. The maximum Gasteiger partial charge on any atom is 0.135 e. The van der Waals surface area contributed by atoms with Crippen molar-refractivity contribution in [3.05, 3.63) is 51.9 Å². The van der Waals surface area contributed by atoms with E-state index < -0.39 is 0 Å². The number of nitrogen functional groups attached to an aromatic ring is 1. The van der Waals surface area contributed by atoms with Gasteiger partial charge in [-0.25, -0.2) is 9.97 Å². The highest BCUT2D eigenvalue weighted by molar-refractivity contribution is 6.30. The number of halogens is 1. The molecule has 0 bridgehead atoms. The predicted molar refractivity (Wildman–Crippen MR) is 82.0 cm³/mol. The Morgan fingerprint density at radius 1 is 1.10 bits per heavy atom. The molecular weight excluding hydrogens is 270 g/mol. The lowest BCUT2D eigenvalue weighted by Crippen LogP contribution is -2.09. The van der Waals surface area contributed by atoms with Crippen LogP contribution in [0, 0.1) is 0 Å². The average molecular weight is 288 g/mol. The second-order valence-corrected chi connectivity index (χ2v) is 5.75. The third-order valence-corrected chi connectivity index (χ3v) is 4.00. The molecule has 0 atom stereocenters. The van der Waals surface area contributed by atoms with Crippen molar-refractivity contribution >= 4 is 17.4 Å². The number of nitrogens with zero attached hydrogens (tertiary/aromatic N) is 2. The summed E-state index contributed by atoms with van der Waals surface area (Å²) < 4.78 is 0. The molecule has 0 aliphatic heterocycles. The Morgan fingerprint density at radius 3 is 2.80 bits per heavy atom. The van der Waals surface area contributed by atoms with Crippen LogP contribution in [-0.4, -0.2) is 9.97 Å². The predicted octanol–water partition coefficient (Wildman–Crippen LogP) is 3.57. The fraction of sp³-hybridized carbons (Fsp3) is 0.375. The Balaban J connectivity index is 1.91. The number of hydrogen-bond donors (Lipinski definition) is 1. The summed E-state index contributed by atoms with van der Waals surface area (Å²) in [5.41, 5.74) is 9.54. The number of aromatic nitrogens is 2. The maximum absolute atomic E-state index is 6.12. The lowest BCUT2D eigenvalue weighted by molar-refractivity contribution is 0.708. The summed E-state index contributed by atoms with van der Waals surface area (Å²) in [6, 6.07) is 7.81. The molecule has 2 N–H and O–H groups in total. The summed E-state index contributed by atoms with van der Waals surface area (Å²) in [4.78, 5) is 9.20. The molecule has 4 heteroatoms. The van der Waals surface area contributed by atoms with Gasteiger partial charge in [-0.05, 0) is 43.4 Å². The van der Waals surface area contributed by atoms with E-state index in [1.54, 1.807) is 0 Å². The SMILES string of the molecule is Nc1nc(Cc2cccc(Cl)c2)nc2c1CCCCC2. The minimum Gasteiger partial charge on any atom is -0.383 e. The Hall–Kier alpha value is -1.61. The molecule has 0 fully saturated rings. The molecule has 1 aromatic heterocycles. The maximum atomic E-state index is 6.12. The third-order valence-electron chi connectivity index (χ3n) is 3.76. The number of fused-ring (bicyclic) bond motifs is 1. The van der Waals surface area contributed by atoms with E-state index in [-0.39, 0.29) is 0 Å². The van der Waals surface area contributed by atoms with Gasteiger partial charge >= 0.3 is 0 Å². The van der Waals surface area contributed by atoms with Crippen LogP contribution in [0.4, 0.5) is 5.82 Å². The smallest absolute Gasteiger partial charge is 0.135 e.